The van der Waals surface area contributed by atoms with Crippen molar-refractivity contribution in [1.82, 2.24) is 9.97 Å². The van der Waals surface area contributed by atoms with E-state index in [0.29, 0.717) is 11.5 Å². The van der Waals surface area contributed by atoms with Crippen LogP contribution in [-0.4, -0.2) is 15.8 Å². The van der Waals surface area contributed by atoms with Crippen LogP contribution in [0.2, 0.25) is 0 Å². The second-order valence-electron chi connectivity index (χ2n) is 1.91. The van der Waals surface area contributed by atoms with Crippen LogP contribution in [0.25, 0.3) is 0 Å². The van der Waals surface area contributed by atoms with Crippen molar-refractivity contribution in [1.29, 1.82) is 0 Å². The molecule has 7 N–H and O–H groups in total. The molecule has 0 radical (unpaired) electrons. The number of nitrogen functional groups attached to an aromatic ring is 1. The third-order valence-electron chi connectivity index (χ3n) is 1.22. The van der Waals surface area contributed by atoms with E-state index in [4.69, 9.17) is 17.4 Å². The van der Waals surface area contributed by atoms with Crippen LogP contribution in [0.4, 0.5) is 5.82 Å². The lowest BCUT2D eigenvalue weighted by Crippen LogP contribution is -2.22. The fourth-order valence-corrected chi connectivity index (χ4v) is 0.692. The average Bonchev–Trinajstić information content (AvgIpc) is 2.16. The molecule has 0 aromatic carbocycles. The van der Waals surface area contributed by atoms with Crippen molar-refractivity contribution in [2.24, 2.45) is 22.5 Å². The molecule has 12 heavy (non-hydrogen) atoms. The monoisotopic (exact) mass is 167 g/mol. The zero-order chi connectivity index (χ0) is 8.97. The molecule has 0 bridgehead atoms. The van der Waals surface area contributed by atoms with E-state index in [1.807, 2.05) is 0 Å². The third-order valence-corrected chi connectivity index (χ3v) is 1.22. The number of aromatic nitrogens is 2. The molecule has 0 aliphatic rings. The number of amidine groups is 1. The molecule has 0 spiro atoms. The smallest absolute Gasteiger partial charge is 0.172 e. The molecule has 64 valence electrons. The van der Waals surface area contributed by atoms with E-state index in [2.05, 4.69) is 20.5 Å². The van der Waals surface area contributed by atoms with Gasteiger partial charge in [-0.05, 0) is 0 Å². The molecule has 0 saturated carbocycles. The number of nitrogens with two attached hydrogens (primary N) is 3. The predicted molar refractivity (Wildman–Crippen MR) is 44.8 cm³/mol. The van der Waals surface area contributed by atoms with Gasteiger partial charge in [-0.1, -0.05) is 0 Å². The molecule has 1 aromatic heterocycles. The minimum Gasteiger partial charge on any atom is -0.380 e. The number of nitrogens with one attached hydrogen (secondary N) is 1. The molecular weight excluding hydrogens is 158 g/mol. The summed E-state index contributed by atoms with van der Waals surface area (Å²) in [6.07, 6.45) is 2.94. The maximum absolute atomic E-state index is 5.40. The Balaban J connectivity index is 3.13. The van der Waals surface area contributed by atoms with Gasteiger partial charge in [0.15, 0.2) is 17.3 Å². The van der Waals surface area contributed by atoms with Crippen molar-refractivity contribution in [3.63, 3.8) is 0 Å². The summed E-state index contributed by atoms with van der Waals surface area (Å²) >= 11 is 0. The number of anilines is 1. The first-order valence-corrected chi connectivity index (χ1v) is 3.11. The Morgan fingerprint density at radius 1 is 1.42 bits per heavy atom. The van der Waals surface area contributed by atoms with Crippen LogP contribution < -0.4 is 22.8 Å². The Kier molecular flexibility index (Phi) is 2.38. The number of hydrazone groups is 1. The highest BCUT2D eigenvalue weighted by Gasteiger charge is 2.06. The van der Waals surface area contributed by atoms with E-state index in [9.17, 15) is 0 Å². The van der Waals surface area contributed by atoms with Gasteiger partial charge in [-0.3, -0.25) is 0 Å². The van der Waals surface area contributed by atoms with Gasteiger partial charge >= 0.3 is 0 Å². The molecule has 0 unspecified atom stereocenters. The Morgan fingerprint density at radius 2 is 2.08 bits per heavy atom. The number of nitrogens with zero attached hydrogens (tertiary/aromatic N) is 3. The SMILES string of the molecule is N/N=C(/N)c1nccnc1NN. The van der Waals surface area contributed by atoms with Gasteiger partial charge in [-0.25, -0.2) is 15.8 Å². The standard InChI is InChI=1S/C5H9N7/c6-4(11-7)3-5(12-8)10-2-1-9-3/h1-2H,7-8H2,(H2,6,11)(H,10,12). The van der Waals surface area contributed by atoms with E-state index >= 15 is 0 Å². The zero-order valence-electron chi connectivity index (χ0n) is 6.23. The van der Waals surface area contributed by atoms with Gasteiger partial charge in [0.05, 0.1) is 0 Å². The van der Waals surface area contributed by atoms with Crippen LogP contribution >= 0.6 is 0 Å². The van der Waals surface area contributed by atoms with Crippen molar-refractivity contribution in [2.45, 2.75) is 0 Å². The first kappa shape index (κ1) is 8.21. The third kappa shape index (κ3) is 1.40. The summed E-state index contributed by atoms with van der Waals surface area (Å²) in [6, 6.07) is 0. The van der Waals surface area contributed by atoms with Gasteiger partial charge in [0.1, 0.15) is 0 Å². The van der Waals surface area contributed by atoms with Crippen LogP contribution in [0.15, 0.2) is 17.5 Å². The summed E-state index contributed by atoms with van der Waals surface area (Å²) in [5.41, 5.74) is 8.05. The minimum absolute atomic E-state index is 0.0797. The normalized spacial score (nSPS) is 11.2. The Labute approximate surface area is 68.6 Å². The van der Waals surface area contributed by atoms with Crippen LogP contribution in [-0.2, 0) is 0 Å². The number of hydrogen-bond donors (Lipinski definition) is 4. The van der Waals surface area contributed by atoms with Crippen LogP contribution in [0.3, 0.4) is 0 Å². The van der Waals surface area contributed by atoms with Gasteiger partial charge in [0.2, 0.25) is 0 Å². The molecule has 1 aromatic rings. The van der Waals surface area contributed by atoms with E-state index in [-0.39, 0.29) is 5.84 Å². The van der Waals surface area contributed by atoms with Crippen molar-refractivity contribution >= 4 is 11.7 Å². The second-order valence-corrected chi connectivity index (χ2v) is 1.91. The molecule has 0 aliphatic carbocycles. The maximum atomic E-state index is 5.40. The zero-order valence-corrected chi connectivity index (χ0v) is 6.23. The summed E-state index contributed by atoms with van der Waals surface area (Å²) < 4.78 is 0. The highest BCUT2D eigenvalue weighted by molar-refractivity contribution is 5.99. The van der Waals surface area contributed by atoms with Gasteiger partial charge in [-0.15, -0.1) is 0 Å². The Hall–Kier alpha value is -1.89. The second kappa shape index (κ2) is 3.49. The van der Waals surface area contributed by atoms with Gasteiger partial charge in [0, 0.05) is 12.4 Å². The quantitative estimate of drug-likeness (QED) is 0.181. The lowest BCUT2D eigenvalue weighted by molar-refractivity contribution is 1.12. The van der Waals surface area contributed by atoms with E-state index in [1.165, 1.54) is 12.4 Å². The van der Waals surface area contributed by atoms with Gasteiger partial charge < -0.3 is 17.0 Å². The molecule has 0 amide bonds. The lowest BCUT2D eigenvalue weighted by Gasteiger charge is -2.03. The largest absolute Gasteiger partial charge is 0.380 e. The van der Waals surface area contributed by atoms with Crippen LogP contribution in [0.1, 0.15) is 5.69 Å². The summed E-state index contributed by atoms with van der Waals surface area (Å²) in [5, 5.41) is 3.26. The van der Waals surface area contributed by atoms with Gasteiger partial charge in [0.25, 0.3) is 0 Å². The molecule has 1 rings (SSSR count). The number of rotatable bonds is 2. The molecular formula is C5H9N7. The molecule has 7 heteroatoms. The van der Waals surface area contributed by atoms with E-state index in [0.717, 1.165) is 0 Å². The first-order valence-electron chi connectivity index (χ1n) is 3.11. The van der Waals surface area contributed by atoms with Crippen molar-refractivity contribution in [3.05, 3.63) is 18.1 Å². The predicted octanol–water partition coefficient (Wildman–Crippen LogP) is -1.66. The molecule has 1 heterocycles. The molecule has 7 nitrogen and oxygen atoms in total. The topological polar surface area (TPSA) is 128 Å². The highest BCUT2D eigenvalue weighted by atomic mass is 15.3. The first-order chi connectivity index (χ1) is 5.79. The van der Waals surface area contributed by atoms with Crippen molar-refractivity contribution in [2.75, 3.05) is 5.43 Å². The van der Waals surface area contributed by atoms with Crippen LogP contribution in [0.5, 0.6) is 0 Å². The summed E-state index contributed by atoms with van der Waals surface area (Å²) in [6.45, 7) is 0. The maximum Gasteiger partial charge on any atom is 0.172 e. The number of hydrazine groups is 1. The molecule has 0 aliphatic heterocycles. The fraction of sp³-hybridized carbons (Fsp3) is 0. The summed E-state index contributed by atoms with van der Waals surface area (Å²) in [5.74, 6) is 10.5. The Bertz CT molecular complexity index is 294. The van der Waals surface area contributed by atoms with Gasteiger partial charge in [-0.2, -0.15) is 5.10 Å². The molecule has 0 fully saturated rings. The fourth-order valence-electron chi connectivity index (χ4n) is 0.692. The van der Waals surface area contributed by atoms with E-state index in [1.54, 1.807) is 0 Å². The molecule has 0 atom stereocenters. The number of hydrogen-bond acceptors (Lipinski definition) is 6. The molecule has 0 saturated heterocycles. The van der Waals surface area contributed by atoms with E-state index < -0.39 is 0 Å². The van der Waals surface area contributed by atoms with Crippen molar-refractivity contribution < 1.29 is 0 Å². The Morgan fingerprint density at radius 3 is 2.67 bits per heavy atom. The minimum atomic E-state index is 0.0797. The summed E-state index contributed by atoms with van der Waals surface area (Å²) in [7, 11) is 0. The average molecular weight is 167 g/mol. The summed E-state index contributed by atoms with van der Waals surface area (Å²) in [4.78, 5) is 7.73. The highest BCUT2D eigenvalue weighted by Crippen LogP contribution is 2.04. The van der Waals surface area contributed by atoms with Crippen molar-refractivity contribution in [3.8, 4) is 0 Å². The van der Waals surface area contributed by atoms with Crippen LogP contribution in [0, 0.1) is 0 Å². The lowest BCUT2D eigenvalue weighted by atomic mass is 10.4.